The maximum atomic E-state index is 12.2. The number of carbonyl (C=O) groups is 1. The Morgan fingerprint density at radius 1 is 1.07 bits per heavy atom. The molecule has 2 aromatic carbocycles. The molecule has 0 saturated carbocycles. The number of rotatable bonds is 7. The van der Waals surface area contributed by atoms with Gasteiger partial charge in [0.1, 0.15) is 5.75 Å². The molecular weight excluding hydrogens is 447 g/mol. The zero-order valence-corrected chi connectivity index (χ0v) is 18.4. The molecule has 0 aliphatic rings. The predicted octanol–water partition coefficient (Wildman–Crippen LogP) is 4.66. The van der Waals surface area contributed by atoms with Crippen LogP contribution in [-0.4, -0.2) is 27.0 Å². The molecule has 0 unspecified atom stereocenters. The molecule has 152 valence electrons. The van der Waals surface area contributed by atoms with Gasteiger partial charge in [0.15, 0.2) is 6.61 Å². The second-order valence-electron chi connectivity index (χ2n) is 6.29. The Morgan fingerprint density at radius 3 is 2.32 bits per heavy atom. The van der Waals surface area contributed by atoms with Crippen LogP contribution in [0.4, 0.5) is 5.69 Å². The first-order chi connectivity index (χ1) is 13.0. The fourth-order valence-electron chi connectivity index (χ4n) is 2.28. The number of amides is 1. The largest absolute Gasteiger partial charge is 0.483 e. The number of nitrogens with one attached hydrogen (secondary N) is 2. The molecule has 2 rings (SSSR count). The van der Waals surface area contributed by atoms with Crippen LogP contribution in [0.2, 0.25) is 15.1 Å². The van der Waals surface area contributed by atoms with Crippen molar-refractivity contribution in [3.8, 4) is 5.75 Å². The third kappa shape index (κ3) is 5.99. The Bertz CT molecular complexity index is 995. The fourth-order valence-corrected chi connectivity index (χ4v) is 4.21. The Kier molecular flexibility index (Phi) is 7.59. The number of ether oxygens (including phenoxy) is 1. The lowest BCUT2D eigenvalue weighted by Crippen LogP contribution is -2.30. The molecule has 0 aliphatic heterocycles. The highest BCUT2D eigenvalue weighted by atomic mass is 35.5. The van der Waals surface area contributed by atoms with Crippen LogP contribution in [0.3, 0.4) is 0 Å². The first-order valence-electron chi connectivity index (χ1n) is 8.20. The third-order valence-corrected chi connectivity index (χ3v) is 6.18. The van der Waals surface area contributed by atoms with E-state index in [0.717, 1.165) is 0 Å². The van der Waals surface area contributed by atoms with Gasteiger partial charge in [0.05, 0.1) is 25.7 Å². The summed E-state index contributed by atoms with van der Waals surface area (Å²) in [6.45, 7) is 4.87. The van der Waals surface area contributed by atoms with Gasteiger partial charge in [-0.05, 0) is 56.7 Å². The highest BCUT2D eigenvalue weighted by molar-refractivity contribution is 7.89. The number of anilines is 1. The molecule has 10 heteroatoms. The van der Waals surface area contributed by atoms with Crippen molar-refractivity contribution in [1.82, 2.24) is 4.72 Å². The Balaban J connectivity index is 2.05. The van der Waals surface area contributed by atoms with Crippen LogP contribution >= 0.6 is 34.8 Å². The van der Waals surface area contributed by atoms with E-state index < -0.39 is 15.9 Å². The fraction of sp³-hybridized carbons (Fsp3) is 0.278. The monoisotopic (exact) mass is 464 g/mol. The smallest absolute Gasteiger partial charge is 0.262 e. The summed E-state index contributed by atoms with van der Waals surface area (Å²) in [4.78, 5) is 12.2. The van der Waals surface area contributed by atoms with Crippen LogP contribution in [0.15, 0.2) is 35.2 Å². The second-order valence-corrected chi connectivity index (χ2v) is 9.22. The first-order valence-corrected chi connectivity index (χ1v) is 10.8. The minimum Gasteiger partial charge on any atom is -0.483 e. The van der Waals surface area contributed by atoms with E-state index in [4.69, 9.17) is 39.5 Å². The van der Waals surface area contributed by atoms with Crippen LogP contribution in [0, 0.1) is 6.92 Å². The molecule has 0 fully saturated rings. The zero-order valence-electron chi connectivity index (χ0n) is 15.3. The molecule has 0 aromatic heterocycles. The van der Waals surface area contributed by atoms with E-state index in [1.54, 1.807) is 20.8 Å². The summed E-state index contributed by atoms with van der Waals surface area (Å²) in [7, 11) is -3.61. The number of hydrogen-bond acceptors (Lipinski definition) is 4. The SMILES string of the molecule is Cc1cc(S(=O)(=O)NC(C)C)ccc1OCC(=O)Nc1cc(Cl)c(Cl)cc1Cl. The molecular formula is C18H19Cl3N2O4S. The van der Waals surface area contributed by atoms with Gasteiger partial charge in [-0.3, -0.25) is 4.79 Å². The summed E-state index contributed by atoms with van der Waals surface area (Å²) in [6, 6.07) is 7.05. The van der Waals surface area contributed by atoms with E-state index in [1.165, 1.54) is 30.3 Å². The van der Waals surface area contributed by atoms with Crippen LogP contribution < -0.4 is 14.8 Å². The van der Waals surface area contributed by atoms with Crippen molar-refractivity contribution in [2.45, 2.75) is 31.7 Å². The molecule has 0 heterocycles. The Morgan fingerprint density at radius 2 is 1.71 bits per heavy atom. The molecule has 2 N–H and O–H groups in total. The third-order valence-electron chi connectivity index (χ3n) is 3.49. The summed E-state index contributed by atoms with van der Waals surface area (Å²) in [5.41, 5.74) is 0.884. The van der Waals surface area contributed by atoms with Crippen LogP contribution in [0.5, 0.6) is 5.75 Å². The highest BCUT2D eigenvalue weighted by Crippen LogP contribution is 2.32. The van der Waals surface area contributed by atoms with Crippen molar-refractivity contribution in [2.24, 2.45) is 0 Å². The van der Waals surface area contributed by atoms with Gasteiger partial charge in [0, 0.05) is 6.04 Å². The minimum atomic E-state index is -3.61. The number of hydrogen-bond donors (Lipinski definition) is 2. The Hall–Kier alpha value is -1.51. The molecule has 0 spiro atoms. The van der Waals surface area contributed by atoms with Gasteiger partial charge >= 0.3 is 0 Å². The summed E-state index contributed by atoms with van der Waals surface area (Å²) in [6.07, 6.45) is 0. The predicted molar refractivity (Wildman–Crippen MR) is 112 cm³/mol. The van der Waals surface area contributed by atoms with E-state index in [-0.39, 0.29) is 32.6 Å². The second kappa shape index (κ2) is 9.33. The van der Waals surface area contributed by atoms with Gasteiger partial charge in [0.2, 0.25) is 10.0 Å². The number of carbonyl (C=O) groups excluding carboxylic acids is 1. The van der Waals surface area contributed by atoms with Crippen LogP contribution in [-0.2, 0) is 14.8 Å². The zero-order chi connectivity index (χ0) is 21.1. The maximum Gasteiger partial charge on any atom is 0.262 e. The molecule has 0 radical (unpaired) electrons. The average molecular weight is 466 g/mol. The highest BCUT2D eigenvalue weighted by Gasteiger charge is 2.17. The molecule has 0 saturated heterocycles. The summed E-state index contributed by atoms with van der Waals surface area (Å²) in [5, 5.41) is 3.35. The lowest BCUT2D eigenvalue weighted by molar-refractivity contribution is -0.118. The summed E-state index contributed by atoms with van der Waals surface area (Å²) >= 11 is 17.8. The molecule has 0 bridgehead atoms. The van der Waals surface area contributed by atoms with Crippen molar-refractivity contribution < 1.29 is 17.9 Å². The van der Waals surface area contributed by atoms with Gasteiger partial charge in [0.25, 0.3) is 5.91 Å². The summed E-state index contributed by atoms with van der Waals surface area (Å²) < 4.78 is 32.4. The molecule has 2 aromatic rings. The normalized spacial score (nSPS) is 11.5. The van der Waals surface area contributed by atoms with E-state index in [9.17, 15) is 13.2 Å². The minimum absolute atomic E-state index is 0.123. The van der Waals surface area contributed by atoms with Crippen molar-refractivity contribution in [3.63, 3.8) is 0 Å². The van der Waals surface area contributed by atoms with Gasteiger partial charge < -0.3 is 10.1 Å². The van der Waals surface area contributed by atoms with Crippen LogP contribution in [0.25, 0.3) is 0 Å². The lowest BCUT2D eigenvalue weighted by Gasteiger charge is -2.13. The maximum absolute atomic E-state index is 12.2. The van der Waals surface area contributed by atoms with E-state index in [2.05, 4.69) is 10.0 Å². The van der Waals surface area contributed by atoms with Crippen molar-refractivity contribution in [2.75, 3.05) is 11.9 Å². The van der Waals surface area contributed by atoms with E-state index in [1.807, 2.05) is 0 Å². The van der Waals surface area contributed by atoms with Gasteiger partial charge in [-0.15, -0.1) is 0 Å². The molecule has 6 nitrogen and oxygen atoms in total. The number of benzene rings is 2. The van der Waals surface area contributed by atoms with Crippen molar-refractivity contribution in [1.29, 1.82) is 0 Å². The van der Waals surface area contributed by atoms with Crippen LogP contribution in [0.1, 0.15) is 19.4 Å². The number of aryl methyl sites for hydroxylation is 1. The Labute approximate surface area is 179 Å². The van der Waals surface area contributed by atoms with Gasteiger partial charge in [-0.2, -0.15) is 0 Å². The number of sulfonamides is 1. The molecule has 0 atom stereocenters. The summed E-state index contributed by atoms with van der Waals surface area (Å²) in [5.74, 6) is -0.0725. The van der Waals surface area contributed by atoms with Gasteiger partial charge in [-0.25, -0.2) is 13.1 Å². The van der Waals surface area contributed by atoms with Gasteiger partial charge in [-0.1, -0.05) is 34.8 Å². The molecule has 1 amide bonds. The number of halogens is 3. The van der Waals surface area contributed by atoms with Crippen molar-refractivity contribution >= 4 is 56.4 Å². The van der Waals surface area contributed by atoms with Crippen molar-refractivity contribution in [3.05, 3.63) is 51.0 Å². The standard InChI is InChI=1S/C18H19Cl3N2O4S/c1-10(2)23-28(25,26)12-4-5-17(11(3)6-12)27-9-18(24)22-16-8-14(20)13(19)7-15(16)21/h4-8,10,23H,9H2,1-3H3,(H,22,24). The molecule has 0 aliphatic carbocycles. The molecule has 28 heavy (non-hydrogen) atoms. The van der Waals surface area contributed by atoms with E-state index in [0.29, 0.717) is 17.0 Å². The topological polar surface area (TPSA) is 84.5 Å². The average Bonchev–Trinajstić information content (AvgIpc) is 2.57. The lowest BCUT2D eigenvalue weighted by atomic mass is 10.2. The first kappa shape index (κ1) is 22.8. The quantitative estimate of drug-likeness (QED) is 0.583. The van der Waals surface area contributed by atoms with E-state index >= 15 is 0 Å².